The van der Waals surface area contributed by atoms with Crippen molar-refractivity contribution in [2.75, 3.05) is 6.54 Å². The lowest BCUT2D eigenvalue weighted by molar-refractivity contribution is 0.182. The van der Waals surface area contributed by atoms with E-state index in [4.69, 9.17) is 0 Å². The molecule has 0 spiro atoms. The highest BCUT2D eigenvalue weighted by molar-refractivity contribution is 7.10. The van der Waals surface area contributed by atoms with Crippen LogP contribution >= 0.6 is 11.3 Å². The maximum atomic E-state index is 9.22. The lowest BCUT2D eigenvalue weighted by Gasteiger charge is -2.22. The maximum absolute atomic E-state index is 9.22. The summed E-state index contributed by atoms with van der Waals surface area (Å²) in [6.45, 7) is 6.85. The van der Waals surface area contributed by atoms with Crippen LogP contribution in [0.2, 0.25) is 0 Å². The van der Waals surface area contributed by atoms with Crippen molar-refractivity contribution in [2.45, 2.75) is 32.9 Å². The summed E-state index contributed by atoms with van der Waals surface area (Å²) in [6.07, 6.45) is -0.281. The molecule has 1 rings (SSSR count). The molecule has 0 saturated heterocycles. The van der Waals surface area contributed by atoms with Crippen molar-refractivity contribution >= 4 is 11.3 Å². The van der Waals surface area contributed by atoms with Crippen LogP contribution in [-0.4, -0.2) is 17.8 Å². The van der Waals surface area contributed by atoms with E-state index in [1.54, 1.807) is 18.3 Å². The van der Waals surface area contributed by atoms with Crippen molar-refractivity contribution in [3.8, 4) is 0 Å². The number of aliphatic hydroxyl groups excluding tert-OH is 1. The summed E-state index contributed by atoms with van der Waals surface area (Å²) in [6, 6.07) is 4.58. The molecule has 2 N–H and O–H groups in total. The van der Waals surface area contributed by atoms with Crippen LogP contribution in [0, 0.1) is 5.92 Å². The molecular weight excluding hydrogens is 194 g/mol. The highest BCUT2D eigenvalue weighted by Crippen LogP contribution is 2.25. The molecule has 0 aromatic carbocycles. The maximum Gasteiger partial charge on any atom is 0.0636 e. The van der Waals surface area contributed by atoms with Crippen molar-refractivity contribution in [1.29, 1.82) is 0 Å². The molecule has 0 radical (unpaired) electrons. The molecule has 2 nitrogen and oxygen atoms in total. The number of thiophene rings is 1. The average Bonchev–Trinajstić information content (AvgIpc) is 2.56. The van der Waals surface area contributed by atoms with Crippen LogP contribution in [-0.2, 0) is 0 Å². The van der Waals surface area contributed by atoms with Gasteiger partial charge in [0, 0.05) is 17.5 Å². The second kappa shape index (κ2) is 5.49. The normalized spacial score (nSPS) is 15.8. The number of hydrogen-bond donors (Lipinski definition) is 2. The van der Waals surface area contributed by atoms with Crippen molar-refractivity contribution in [1.82, 2.24) is 5.32 Å². The molecule has 80 valence electrons. The SMILES string of the molecule is CC(C)C(NC[C@@H](C)O)c1cccs1. The third kappa shape index (κ3) is 3.40. The molecule has 3 heteroatoms. The molecule has 0 aliphatic carbocycles. The second-order valence-electron chi connectivity index (χ2n) is 3.99. The topological polar surface area (TPSA) is 32.3 Å². The predicted octanol–water partition coefficient (Wildman–Crippen LogP) is 2.42. The molecule has 1 aromatic rings. The third-order valence-corrected chi connectivity index (χ3v) is 3.10. The second-order valence-corrected chi connectivity index (χ2v) is 4.97. The minimum absolute atomic E-state index is 0.281. The van der Waals surface area contributed by atoms with Gasteiger partial charge in [-0.15, -0.1) is 11.3 Å². The largest absolute Gasteiger partial charge is 0.392 e. The number of hydrogen-bond acceptors (Lipinski definition) is 3. The van der Waals surface area contributed by atoms with Gasteiger partial charge in [0.15, 0.2) is 0 Å². The van der Waals surface area contributed by atoms with Crippen LogP contribution < -0.4 is 5.32 Å². The molecule has 0 fully saturated rings. The molecule has 2 atom stereocenters. The fourth-order valence-corrected chi connectivity index (χ4v) is 2.40. The van der Waals surface area contributed by atoms with Gasteiger partial charge in [0.25, 0.3) is 0 Å². The van der Waals surface area contributed by atoms with Crippen LogP contribution in [0.1, 0.15) is 31.7 Å². The van der Waals surface area contributed by atoms with Gasteiger partial charge in [0.2, 0.25) is 0 Å². The Bertz CT molecular complexity index is 244. The zero-order valence-corrected chi connectivity index (χ0v) is 9.84. The Kier molecular flexibility index (Phi) is 4.58. The molecular formula is C11H19NOS. The first-order valence-electron chi connectivity index (χ1n) is 5.06. The van der Waals surface area contributed by atoms with Gasteiger partial charge in [-0.1, -0.05) is 19.9 Å². The van der Waals surface area contributed by atoms with E-state index in [1.807, 2.05) is 0 Å². The summed E-state index contributed by atoms with van der Waals surface area (Å²) in [7, 11) is 0. The lowest BCUT2D eigenvalue weighted by Crippen LogP contribution is -2.31. The Hall–Kier alpha value is -0.380. The van der Waals surface area contributed by atoms with Gasteiger partial charge in [-0.3, -0.25) is 0 Å². The van der Waals surface area contributed by atoms with Crippen molar-refractivity contribution in [3.05, 3.63) is 22.4 Å². The Labute approximate surface area is 90.0 Å². The van der Waals surface area contributed by atoms with Gasteiger partial charge in [0.1, 0.15) is 0 Å². The molecule has 1 heterocycles. The zero-order chi connectivity index (χ0) is 10.6. The van der Waals surface area contributed by atoms with Crippen molar-refractivity contribution < 1.29 is 5.11 Å². The number of nitrogens with one attached hydrogen (secondary N) is 1. The third-order valence-electron chi connectivity index (χ3n) is 2.15. The van der Waals surface area contributed by atoms with Crippen LogP contribution in [0.15, 0.2) is 17.5 Å². The molecule has 0 saturated carbocycles. The summed E-state index contributed by atoms with van der Waals surface area (Å²) >= 11 is 1.77. The first-order valence-corrected chi connectivity index (χ1v) is 5.94. The molecule has 0 bridgehead atoms. The zero-order valence-electron chi connectivity index (χ0n) is 9.03. The Balaban J connectivity index is 2.57. The van der Waals surface area contributed by atoms with Crippen molar-refractivity contribution in [3.63, 3.8) is 0 Å². The first-order chi connectivity index (χ1) is 6.61. The fourth-order valence-electron chi connectivity index (χ4n) is 1.43. The van der Waals surface area contributed by atoms with Crippen LogP contribution in [0.3, 0.4) is 0 Å². The summed E-state index contributed by atoms with van der Waals surface area (Å²) in [5.41, 5.74) is 0. The van der Waals surface area contributed by atoms with Gasteiger partial charge in [-0.25, -0.2) is 0 Å². The van der Waals surface area contributed by atoms with E-state index < -0.39 is 0 Å². The van der Waals surface area contributed by atoms with Gasteiger partial charge < -0.3 is 10.4 Å². The van der Waals surface area contributed by atoms with E-state index in [2.05, 4.69) is 36.7 Å². The van der Waals surface area contributed by atoms with E-state index in [0.29, 0.717) is 18.5 Å². The fraction of sp³-hybridized carbons (Fsp3) is 0.636. The number of aliphatic hydroxyl groups is 1. The van der Waals surface area contributed by atoms with Crippen LogP contribution in [0.5, 0.6) is 0 Å². The number of rotatable bonds is 5. The monoisotopic (exact) mass is 213 g/mol. The van der Waals surface area contributed by atoms with E-state index in [0.717, 1.165) is 0 Å². The quantitative estimate of drug-likeness (QED) is 0.787. The van der Waals surface area contributed by atoms with Gasteiger partial charge >= 0.3 is 0 Å². The lowest BCUT2D eigenvalue weighted by atomic mass is 10.0. The Morgan fingerprint density at radius 2 is 2.14 bits per heavy atom. The standard InChI is InChI=1S/C11H19NOS/c1-8(2)11(12-7-9(3)13)10-5-4-6-14-10/h4-6,8-9,11-13H,7H2,1-3H3/t9-,11?/m1/s1. The average molecular weight is 213 g/mol. The molecule has 14 heavy (non-hydrogen) atoms. The minimum atomic E-state index is -0.281. The van der Waals surface area contributed by atoms with E-state index in [9.17, 15) is 5.11 Å². The van der Waals surface area contributed by atoms with E-state index in [1.165, 1.54) is 4.88 Å². The summed E-state index contributed by atoms with van der Waals surface area (Å²) < 4.78 is 0. The van der Waals surface area contributed by atoms with Crippen LogP contribution in [0.4, 0.5) is 0 Å². The first kappa shape index (κ1) is 11.7. The van der Waals surface area contributed by atoms with E-state index in [-0.39, 0.29) is 6.10 Å². The van der Waals surface area contributed by atoms with E-state index >= 15 is 0 Å². The smallest absolute Gasteiger partial charge is 0.0636 e. The molecule has 0 amide bonds. The summed E-state index contributed by atoms with van der Waals surface area (Å²) in [5.74, 6) is 0.549. The molecule has 1 unspecified atom stereocenters. The van der Waals surface area contributed by atoms with Gasteiger partial charge in [-0.2, -0.15) is 0 Å². The molecule has 0 aliphatic rings. The highest BCUT2D eigenvalue weighted by Gasteiger charge is 2.16. The van der Waals surface area contributed by atoms with Gasteiger partial charge in [0.05, 0.1) is 6.10 Å². The highest BCUT2D eigenvalue weighted by atomic mass is 32.1. The minimum Gasteiger partial charge on any atom is -0.392 e. The Morgan fingerprint density at radius 3 is 2.57 bits per heavy atom. The molecule has 0 aliphatic heterocycles. The van der Waals surface area contributed by atoms with Crippen LogP contribution in [0.25, 0.3) is 0 Å². The predicted molar refractivity (Wildman–Crippen MR) is 61.6 cm³/mol. The Morgan fingerprint density at radius 1 is 1.43 bits per heavy atom. The van der Waals surface area contributed by atoms with Crippen molar-refractivity contribution in [2.24, 2.45) is 5.92 Å². The molecule has 1 aromatic heterocycles. The van der Waals surface area contributed by atoms with Gasteiger partial charge in [-0.05, 0) is 24.3 Å². The summed E-state index contributed by atoms with van der Waals surface area (Å²) in [4.78, 5) is 1.35. The summed E-state index contributed by atoms with van der Waals surface area (Å²) in [5, 5.41) is 14.7.